The minimum atomic E-state index is -0.102. The van der Waals surface area contributed by atoms with Gasteiger partial charge in [0.2, 0.25) is 5.82 Å². The van der Waals surface area contributed by atoms with Crippen molar-refractivity contribution in [1.82, 2.24) is 10.1 Å². The Morgan fingerprint density at radius 3 is 2.85 bits per heavy atom. The number of aromatic nitrogens is 2. The highest BCUT2D eigenvalue weighted by Crippen LogP contribution is 2.30. The van der Waals surface area contributed by atoms with Gasteiger partial charge in [0.25, 0.3) is 0 Å². The molecule has 0 radical (unpaired) electrons. The summed E-state index contributed by atoms with van der Waals surface area (Å²) in [5.41, 5.74) is 10.8. The fourth-order valence-electron chi connectivity index (χ4n) is 1.45. The Balaban J connectivity index is 2.03. The first-order valence-electron chi connectivity index (χ1n) is 4.24. The van der Waals surface area contributed by atoms with Gasteiger partial charge in [-0.1, -0.05) is 5.16 Å². The molecule has 1 fully saturated rings. The van der Waals surface area contributed by atoms with Gasteiger partial charge in [-0.15, -0.1) is 0 Å². The van der Waals surface area contributed by atoms with Gasteiger partial charge >= 0.3 is 6.01 Å². The second kappa shape index (κ2) is 3.31. The molecule has 6 heteroatoms. The van der Waals surface area contributed by atoms with E-state index in [-0.39, 0.29) is 18.2 Å². The number of nitrogens with two attached hydrogens (primary N) is 2. The maximum atomic E-state index is 5.54. The van der Waals surface area contributed by atoms with Crippen LogP contribution in [0.5, 0.6) is 0 Å². The van der Waals surface area contributed by atoms with Crippen molar-refractivity contribution < 1.29 is 9.26 Å². The lowest BCUT2D eigenvalue weighted by Gasteiger charge is -2.07. The molecule has 1 aliphatic heterocycles. The zero-order valence-electron chi connectivity index (χ0n) is 7.14. The number of hydrogen-bond acceptors (Lipinski definition) is 6. The standard InChI is InChI=1S/C7H12N4O2/c8-3-4-1-2-5(12-4)6-10-7(9)13-11-6/h4-5H,1-3,8H2,(H2,9,10,11). The summed E-state index contributed by atoms with van der Waals surface area (Å²) in [5.74, 6) is 0.522. The molecule has 0 bridgehead atoms. The van der Waals surface area contributed by atoms with Crippen LogP contribution in [0.25, 0.3) is 0 Å². The highest BCUT2D eigenvalue weighted by molar-refractivity contribution is 5.09. The highest BCUT2D eigenvalue weighted by atomic mass is 16.5. The first-order chi connectivity index (χ1) is 6.29. The van der Waals surface area contributed by atoms with Crippen LogP contribution in [-0.2, 0) is 4.74 Å². The molecule has 13 heavy (non-hydrogen) atoms. The van der Waals surface area contributed by atoms with E-state index in [1.54, 1.807) is 0 Å². The summed E-state index contributed by atoms with van der Waals surface area (Å²) in [6.07, 6.45) is 1.83. The van der Waals surface area contributed by atoms with Crippen molar-refractivity contribution in [3.8, 4) is 0 Å². The largest absolute Gasteiger partial charge is 0.366 e. The van der Waals surface area contributed by atoms with Crippen molar-refractivity contribution in [3.63, 3.8) is 0 Å². The molecule has 4 N–H and O–H groups in total. The quantitative estimate of drug-likeness (QED) is 0.661. The lowest BCUT2D eigenvalue weighted by atomic mass is 10.2. The Morgan fingerprint density at radius 1 is 1.46 bits per heavy atom. The summed E-state index contributed by atoms with van der Waals surface area (Å²) >= 11 is 0. The van der Waals surface area contributed by atoms with E-state index >= 15 is 0 Å². The Kier molecular flexibility index (Phi) is 2.15. The molecule has 0 amide bonds. The lowest BCUT2D eigenvalue weighted by Crippen LogP contribution is -2.19. The summed E-state index contributed by atoms with van der Waals surface area (Å²) in [4.78, 5) is 3.90. The van der Waals surface area contributed by atoms with E-state index < -0.39 is 0 Å². The fourth-order valence-corrected chi connectivity index (χ4v) is 1.45. The zero-order valence-corrected chi connectivity index (χ0v) is 7.14. The monoisotopic (exact) mass is 184 g/mol. The predicted octanol–water partition coefficient (Wildman–Crippen LogP) is -0.169. The average molecular weight is 184 g/mol. The number of anilines is 1. The van der Waals surface area contributed by atoms with Gasteiger partial charge in [-0.05, 0) is 12.8 Å². The molecule has 2 unspecified atom stereocenters. The summed E-state index contributed by atoms with van der Waals surface area (Å²) in [5, 5.41) is 3.69. The van der Waals surface area contributed by atoms with Gasteiger partial charge in [-0.3, -0.25) is 0 Å². The molecule has 1 aromatic heterocycles. The third-order valence-corrected chi connectivity index (χ3v) is 2.12. The van der Waals surface area contributed by atoms with E-state index in [2.05, 4.69) is 14.7 Å². The second-order valence-corrected chi connectivity index (χ2v) is 3.05. The summed E-state index contributed by atoms with van der Waals surface area (Å²) in [6, 6.07) is 0.0785. The Labute approximate surface area is 75.2 Å². The van der Waals surface area contributed by atoms with Crippen molar-refractivity contribution in [3.05, 3.63) is 5.82 Å². The van der Waals surface area contributed by atoms with E-state index in [0.29, 0.717) is 12.4 Å². The number of ether oxygens (including phenoxy) is 1. The molecule has 0 aromatic carbocycles. The predicted molar refractivity (Wildman–Crippen MR) is 44.6 cm³/mol. The molecular weight excluding hydrogens is 172 g/mol. The molecule has 1 aromatic rings. The Morgan fingerprint density at radius 2 is 2.31 bits per heavy atom. The van der Waals surface area contributed by atoms with E-state index in [4.69, 9.17) is 16.2 Å². The van der Waals surface area contributed by atoms with Crippen LogP contribution in [-0.4, -0.2) is 22.8 Å². The summed E-state index contributed by atoms with van der Waals surface area (Å²) < 4.78 is 10.2. The maximum absolute atomic E-state index is 5.54. The number of rotatable bonds is 2. The van der Waals surface area contributed by atoms with Gasteiger partial charge in [0.05, 0.1) is 6.10 Å². The van der Waals surface area contributed by atoms with Crippen molar-refractivity contribution in [2.24, 2.45) is 5.73 Å². The van der Waals surface area contributed by atoms with Crippen LogP contribution >= 0.6 is 0 Å². The normalized spacial score (nSPS) is 28.1. The van der Waals surface area contributed by atoms with E-state index in [9.17, 15) is 0 Å². The third kappa shape index (κ3) is 1.63. The Bertz CT molecular complexity index is 288. The molecular formula is C7H12N4O2. The highest BCUT2D eigenvalue weighted by Gasteiger charge is 2.28. The van der Waals surface area contributed by atoms with Crippen LogP contribution in [0.3, 0.4) is 0 Å². The fraction of sp³-hybridized carbons (Fsp3) is 0.714. The summed E-state index contributed by atoms with van der Waals surface area (Å²) in [7, 11) is 0. The third-order valence-electron chi connectivity index (χ3n) is 2.12. The zero-order chi connectivity index (χ0) is 9.26. The molecule has 0 spiro atoms. The van der Waals surface area contributed by atoms with Crippen LogP contribution in [0.1, 0.15) is 24.8 Å². The van der Waals surface area contributed by atoms with Crippen molar-refractivity contribution in [2.45, 2.75) is 25.0 Å². The molecule has 0 aliphatic carbocycles. The van der Waals surface area contributed by atoms with Crippen LogP contribution in [0.15, 0.2) is 4.52 Å². The van der Waals surface area contributed by atoms with Crippen molar-refractivity contribution in [1.29, 1.82) is 0 Å². The van der Waals surface area contributed by atoms with Crippen molar-refractivity contribution in [2.75, 3.05) is 12.3 Å². The molecule has 2 heterocycles. The van der Waals surface area contributed by atoms with Crippen LogP contribution in [0.2, 0.25) is 0 Å². The molecule has 72 valence electrons. The van der Waals surface area contributed by atoms with Crippen molar-refractivity contribution >= 4 is 6.01 Å². The SMILES string of the molecule is NCC1CCC(c2noc(N)n2)O1. The van der Waals surface area contributed by atoms with E-state index in [0.717, 1.165) is 12.8 Å². The number of nitrogens with zero attached hydrogens (tertiary/aromatic N) is 2. The first kappa shape index (κ1) is 8.46. The molecule has 6 nitrogen and oxygen atoms in total. The van der Waals surface area contributed by atoms with Crippen LogP contribution in [0.4, 0.5) is 6.01 Å². The van der Waals surface area contributed by atoms with Gasteiger partial charge in [0, 0.05) is 6.54 Å². The van der Waals surface area contributed by atoms with Crippen LogP contribution in [0, 0.1) is 0 Å². The smallest absolute Gasteiger partial charge is 0.318 e. The number of nitrogen functional groups attached to an aromatic ring is 1. The minimum absolute atomic E-state index is 0.0785. The topological polar surface area (TPSA) is 100 Å². The second-order valence-electron chi connectivity index (χ2n) is 3.05. The molecule has 1 aliphatic rings. The van der Waals surface area contributed by atoms with Gasteiger partial charge in [-0.2, -0.15) is 4.98 Å². The summed E-state index contributed by atoms with van der Waals surface area (Å²) in [6.45, 7) is 0.532. The first-order valence-corrected chi connectivity index (χ1v) is 4.24. The number of hydrogen-bond donors (Lipinski definition) is 2. The maximum Gasteiger partial charge on any atom is 0.318 e. The molecule has 1 saturated heterocycles. The van der Waals surface area contributed by atoms with E-state index in [1.807, 2.05) is 0 Å². The Hall–Kier alpha value is -1.14. The minimum Gasteiger partial charge on any atom is -0.366 e. The lowest BCUT2D eigenvalue weighted by molar-refractivity contribution is 0.0435. The average Bonchev–Trinajstić information content (AvgIpc) is 2.71. The van der Waals surface area contributed by atoms with Gasteiger partial charge < -0.3 is 20.7 Å². The molecule has 0 saturated carbocycles. The van der Waals surface area contributed by atoms with Gasteiger partial charge in [0.15, 0.2) is 0 Å². The van der Waals surface area contributed by atoms with Gasteiger partial charge in [0.1, 0.15) is 6.10 Å². The molecule has 2 rings (SSSR count). The van der Waals surface area contributed by atoms with Crippen LogP contribution < -0.4 is 11.5 Å². The van der Waals surface area contributed by atoms with E-state index in [1.165, 1.54) is 0 Å². The van der Waals surface area contributed by atoms with Gasteiger partial charge in [-0.25, -0.2) is 0 Å². The molecule has 2 atom stereocenters.